The fourth-order valence-electron chi connectivity index (χ4n) is 2.65. The van der Waals surface area contributed by atoms with E-state index < -0.39 is 16.4 Å². The average molecular weight is 559 g/mol. The van der Waals surface area contributed by atoms with Crippen LogP contribution in [0.4, 0.5) is 0 Å². The Morgan fingerprint density at radius 1 is 0.867 bits per heavy atom. The monoisotopic (exact) mass is 556 g/mol. The Kier molecular flexibility index (Phi) is 16.8. The van der Waals surface area contributed by atoms with E-state index in [1.807, 2.05) is 0 Å². The molecule has 0 atom stereocenters. The van der Waals surface area contributed by atoms with Gasteiger partial charge in [0.25, 0.3) is 0 Å². The third kappa shape index (κ3) is 14.1. The quantitative estimate of drug-likeness (QED) is 0.327. The Balaban J connectivity index is 0. The van der Waals surface area contributed by atoms with Gasteiger partial charge < -0.3 is 29.2 Å². The minimum absolute atomic E-state index is 0. The van der Waals surface area contributed by atoms with Gasteiger partial charge in [0.2, 0.25) is 0 Å². The van der Waals surface area contributed by atoms with Gasteiger partial charge in [-0.2, -0.15) is 34.8 Å². The molecule has 30 heavy (non-hydrogen) atoms. The van der Waals surface area contributed by atoms with Gasteiger partial charge in [0.1, 0.15) is 0 Å². The zero-order valence-corrected chi connectivity index (χ0v) is 25.4. The summed E-state index contributed by atoms with van der Waals surface area (Å²) in [5.41, 5.74) is 0. The molecule has 0 saturated heterocycles. The molecule has 0 aliphatic heterocycles. The maximum Gasteiger partial charge on any atom is 0.183 e. The molecule has 0 amide bonds. The summed E-state index contributed by atoms with van der Waals surface area (Å²) >= 11 is 1.55. The van der Waals surface area contributed by atoms with Crippen LogP contribution in [0.5, 0.6) is 0 Å². The molecule has 0 saturated carbocycles. The Bertz CT molecular complexity index is 787. The summed E-state index contributed by atoms with van der Waals surface area (Å²) in [6.45, 7) is 16.8. The Morgan fingerprint density at radius 3 is 1.97 bits per heavy atom. The van der Waals surface area contributed by atoms with Crippen LogP contribution in [0.2, 0.25) is 38.8 Å². The van der Waals surface area contributed by atoms with Crippen LogP contribution in [-0.4, -0.2) is 26.2 Å². The van der Waals surface area contributed by atoms with E-state index in [4.69, 9.17) is 4.43 Å². The molecular formula is C24H36Cl2OSi2Zr-2. The Labute approximate surface area is 213 Å². The van der Waals surface area contributed by atoms with Crippen LogP contribution in [0.1, 0.15) is 13.8 Å². The maximum absolute atomic E-state index is 5.94. The molecule has 0 aromatic heterocycles. The smallest absolute Gasteiger partial charge is 0.183 e. The van der Waals surface area contributed by atoms with Gasteiger partial charge in [0.05, 0.1) is 8.07 Å². The van der Waals surface area contributed by atoms with Crippen molar-refractivity contribution >= 4 is 35.6 Å². The summed E-state index contributed by atoms with van der Waals surface area (Å²) in [6, 6.07) is 24.7. The van der Waals surface area contributed by atoms with E-state index in [1.165, 1.54) is 20.0 Å². The van der Waals surface area contributed by atoms with Gasteiger partial charge in [-0.25, -0.2) is 12.1 Å². The van der Waals surface area contributed by atoms with Crippen molar-refractivity contribution in [3.8, 4) is 0 Å². The number of benzene rings is 1. The first kappa shape index (κ1) is 32.1. The van der Waals surface area contributed by atoms with Crippen LogP contribution in [-0.2, 0) is 28.7 Å². The first-order chi connectivity index (χ1) is 13.0. The van der Waals surface area contributed by atoms with Crippen molar-refractivity contribution in [3.63, 3.8) is 0 Å². The van der Waals surface area contributed by atoms with Gasteiger partial charge in [-0.1, -0.05) is 19.2 Å². The van der Waals surface area contributed by atoms with E-state index in [-0.39, 0.29) is 24.8 Å². The Hall–Kier alpha value is -0.0931. The molecule has 0 aliphatic carbocycles. The number of rotatable bonds is 5. The molecule has 0 unspecified atom stereocenters. The number of hydrogen-bond donors (Lipinski definition) is 0. The largest absolute Gasteiger partial charge is 1.00 e. The zero-order valence-electron chi connectivity index (χ0n) is 19.4. The number of fused-ring (bicyclic) bond motifs is 1. The van der Waals surface area contributed by atoms with Gasteiger partial charge >= 0.3 is 41.3 Å². The normalized spacial score (nSPS) is 10.6. The first-order valence-corrected chi connectivity index (χ1v) is 17.8. The summed E-state index contributed by atoms with van der Waals surface area (Å²) in [5, 5.41) is 4.22. The van der Waals surface area contributed by atoms with Gasteiger partial charge in [-0.05, 0) is 25.7 Å². The SMILES string of the molecule is C[C](C)=[Zr+2].C[Si](C)(C)OCC[Si](C)(C)c1ccc[cH-]1.[Cl-].[Cl-].c1ccc2[cH-]ccc2c1. The molecule has 3 rings (SSSR count). The van der Waals surface area contributed by atoms with Gasteiger partial charge in [-0.15, -0.1) is 29.7 Å². The van der Waals surface area contributed by atoms with Crippen LogP contribution in [0.25, 0.3) is 10.8 Å². The second-order valence-electron chi connectivity index (χ2n) is 8.92. The van der Waals surface area contributed by atoms with Crippen LogP contribution >= 0.6 is 0 Å². The third-order valence-electron chi connectivity index (χ3n) is 4.25. The predicted octanol–water partition coefficient (Wildman–Crippen LogP) is 0.485. The van der Waals surface area contributed by atoms with E-state index in [1.54, 1.807) is 29.4 Å². The Morgan fingerprint density at radius 2 is 1.47 bits per heavy atom. The van der Waals surface area contributed by atoms with Crippen molar-refractivity contribution < 1.29 is 53.5 Å². The van der Waals surface area contributed by atoms with Gasteiger partial charge in [0.15, 0.2) is 8.32 Å². The molecular weight excluding hydrogens is 523 g/mol. The molecule has 0 bridgehead atoms. The molecule has 0 radical (unpaired) electrons. The van der Waals surface area contributed by atoms with Crippen LogP contribution < -0.4 is 30.0 Å². The second kappa shape index (κ2) is 15.7. The van der Waals surface area contributed by atoms with E-state index >= 15 is 0 Å². The molecule has 3 aromatic carbocycles. The van der Waals surface area contributed by atoms with Gasteiger partial charge in [-0.3, -0.25) is 0 Å². The zero-order chi connectivity index (χ0) is 21.2. The van der Waals surface area contributed by atoms with Crippen molar-refractivity contribution in [1.82, 2.24) is 0 Å². The van der Waals surface area contributed by atoms with E-state index in [9.17, 15) is 0 Å². The van der Waals surface area contributed by atoms with Crippen LogP contribution in [0.3, 0.4) is 0 Å². The minimum Gasteiger partial charge on any atom is -1.00 e. The number of hydrogen-bond acceptors (Lipinski definition) is 1. The fourth-order valence-corrected chi connectivity index (χ4v) is 5.57. The van der Waals surface area contributed by atoms with Crippen LogP contribution in [0.15, 0.2) is 66.7 Å². The minimum atomic E-state index is -1.32. The van der Waals surface area contributed by atoms with Crippen molar-refractivity contribution in [2.24, 2.45) is 0 Å². The maximum atomic E-state index is 5.94. The van der Waals surface area contributed by atoms with Gasteiger partial charge in [0, 0.05) is 6.61 Å². The molecule has 6 heteroatoms. The fraction of sp³-hybridized carbons (Fsp3) is 0.375. The molecule has 0 spiro atoms. The summed E-state index contributed by atoms with van der Waals surface area (Å²) in [5.74, 6) is 0. The molecule has 0 heterocycles. The standard InChI is InChI=1S/C12H23OSi2.C9H7.C3H6.2ClH.Zr/c1-14(2,3)13-10-11-15(4,5)12-8-6-7-9-12;1-2-5-9-7-3-6-8(9)4-1;1-3-2;;;/h6-9H,10-11H2,1-5H3;1-7H;1-2H3;2*1H;/q2*-1;;;;+2/p-2. The summed E-state index contributed by atoms with van der Waals surface area (Å²) in [7, 11) is -2.55. The van der Waals surface area contributed by atoms with Crippen LogP contribution in [0, 0.1) is 0 Å². The topological polar surface area (TPSA) is 9.23 Å². The summed E-state index contributed by atoms with van der Waals surface area (Å²) in [6.07, 6.45) is 0. The second-order valence-corrected chi connectivity index (χ2v) is 20.7. The molecule has 0 fully saturated rings. The molecule has 0 N–H and O–H groups in total. The summed E-state index contributed by atoms with van der Waals surface area (Å²) in [4.78, 5) is 0. The van der Waals surface area contributed by atoms with E-state index in [0.29, 0.717) is 0 Å². The van der Waals surface area contributed by atoms with Crippen molar-refractivity contribution in [1.29, 1.82) is 0 Å². The molecule has 3 aromatic rings. The van der Waals surface area contributed by atoms with E-state index in [2.05, 4.69) is 113 Å². The first-order valence-electron chi connectivity index (χ1n) is 10.00. The third-order valence-corrected chi connectivity index (χ3v) is 8.67. The summed E-state index contributed by atoms with van der Waals surface area (Å²) < 4.78 is 7.44. The van der Waals surface area contributed by atoms with Crippen molar-refractivity contribution in [2.75, 3.05) is 6.61 Å². The average Bonchev–Trinajstić information content (AvgIpc) is 3.25. The predicted molar refractivity (Wildman–Crippen MR) is 129 cm³/mol. The molecule has 166 valence electrons. The van der Waals surface area contributed by atoms with E-state index in [0.717, 1.165) is 6.61 Å². The number of halogens is 2. The molecule has 0 aliphatic rings. The van der Waals surface area contributed by atoms with Crippen molar-refractivity contribution in [2.45, 2.75) is 52.6 Å². The van der Waals surface area contributed by atoms with Crippen molar-refractivity contribution in [3.05, 3.63) is 66.7 Å². The molecule has 1 nitrogen and oxygen atoms in total.